The zero-order chi connectivity index (χ0) is 13.8. The van der Waals surface area contributed by atoms with E-state index in [1.165, 1.54) is 0 Å². The first-order chi connectivity index (χ1) is 9.10. The minimum absolute atomic E-state index is 0.408. The lowest BCUT2D eigenvalue weighted by Gasteiger charge is -2.16. The number of aryl methyl sites for hydroxylation is 2. The number of nitrogens with zero attached hydrogens (tertiary/aromatic N) is 2. The van der Waals surface area contributed by atoms with E-state index in [9.17, 15) is 5.11 Å². The molecule has 0 spiro atoms. The summed E-state index contributed by atoms with van der Waals surface area (Å²) in [6.07, 6.45) is 2.95. The summed E-state index contributed by atoms with van der Waals surface area (Å²) in [5, 5.41) is 17.5. The summed E-state index contributed by atoms with van der Waals surface area (Å²) < 4.78 is 6.98. The second-order valence-corrected chi connectivity index (χ2v) is 4.54. The van der Waals surface area contributed by atoms with Gasteiger partial charge in [0, 0.05) is 25.4 Å². The molecule has 1 aromatic carbocycles. The average Bonchev–Trinajstić information content (AvgIpc) is 2.81. The Hall–Kier alpha value is -2.01. The van der Waals surface area contributed by atoms with Crippen molar-refractivity contribution in [1.82, 2.24) is 9.78 Å². The second kappa shape index (κ2) is 5.75. The van der Waals surface area contributed by atoms with Gasteiger partial charge in [0.1, 0.15) is 5.75 Å². The summed E-state index contributed by atoms with van der Waals surface area (Å²) >= 11 is 0. The van der Waals surface area contributed by atoms with Crippen LogP contribution in [0, 0.1) is 6.92 Å². The lowest BCUT2D eigenvalue weighted by Crippen LogP contribution is -2.13. The van der Waals surface area contributed by atoms with Crippen molar-refractivity contribution in [2.45, 2.75) is 13.0 Å². The fourth-order valence-corrected chi connectivity index (χ4v) is 1.95. The molecule has 0 aliphatic carbocycles. The maximum atomic E-state index is 10.3. The molecule has 0 saturated heterocycles. The Kier molecular flexibility index (Phi) is 4.06. The number of aliphatic hydroxyl groups is 1. The summed E-state index contributed by atoms with van der Waals surface area (Å²) in [6.45, 7) is 2.40. The molecule has 0 amide bonds. The molecule has 1 atom stereocenters. The van der Waals surface area contributed by atoms with E-state index in [0.29, 0.717) is 12.3 Å². The quantitative estimate of drug-likeness (QED) is 0.863. The van der Waals surface area contributed by atoms with Crippen molar-refractivity contribution < 1.29 is 9.84 Å². The third kappa shape index (κ3) is 3.26. The van der Waals surface area contributed by atoms with E-state index < -0.39 is 6.10 Å². The molecule has 2 N–H and O–H groups in total. The highest BCUT2D eigenvalue weighted by atomic mass is 16.5. The molecule has 19 heavy (non-hydrogen) atoms. The van der Waals surface area contributed by atoms with Gasteiger partial charge in [-0.05, 0) is 19.1 Å². The van der Waals surface area contributed by atoms with Crippen molar-refractivity contribution in [3.8, 4) is 5.75 Å². The van der Waals surface area contributed by atoms with Crippen molar-refractivity contribution >= 4 is 5.69 Å². The van der Waals surface area contributed by atoms with Gasteiger partial charge in [-0.15, -0.1) is 0 Å². The normalized spacial score (nSPS) is 12.2. The third-order valence-electron chi connectivity index (χ3n) is 2.95. The molecular formula is C14H19N3O2. The molecule has 0 fully saturated rings. The molecule has 1 aromatic heterocycles. The van der Waals surface area contributed by atoms with Crippen LogP contribution in [0.5, 0.6) is 5.75 Å². The Labute approximate surface area is 112 Å². The van der Waals surface area contributed by atoms with Crippen LogP contribution < -0.4 is 10.1 Å². The van der Waals surface area contributed by atoms with E-state index in [4.69, 9.17) is 4.74 Å². The Morgan fingerprint density at radius 2 is 2.26 bits per heavy atom. The number of rotatable bonds is 5. The SMILES string of the molecule is COc1ccc(C)cc1C(O)CNc1cnn(C)c1. The number of hydrogen-bond donors (Lipinski definition) is 2. The number of hydrogen-bond acceptors (Lipinski definition) is 4. The monoisotopic (exact) mass is 261 g/mol. The van der Waals surface area contributed by atoms with E-state index in [2.05, 4.69) is 10.4 Å². The molecule has 0 aliphatic heterocycles. The van der Waals surface area contributed by atoms with Crippen LogP contribution in [0.15, 0.2) is 30.6 Å². The molecule has 5 nitrogen and oxygen atoms in total. The first-order valence-corrected chi connectivity index (χ1v) is 6.15. The van der Waals surface area contributed by atoms with Crippen molar-refractivity contribution in [2.75, 3.05) is 19.0 Å². The number of methoxy groups -OCH3 is 1. The smallest absolute Gasteiger partial charge is 0.124 e. The van der Waals surface area contributed by atoms with Gasteiger partial charge in [-0.2, -0.15) is 5.10 Å². The van der Waals surface area contributed by atoms with Crippen LogP contribution in [-0.2, 0) is 7.05 Å². The van der Waals surface area contributed by atoms with E-state index >= 15 is 0 Å². The largest absolute Gasteiger partial charge is 0.496 e. The van der Waals surface area contributed by atoms with Crippen LogP contribution in [0.2, 0.25) is 0 Å². The molecule has 102 valence electrons. The van der Waals surface area contributed by atoms with Crippen molar-refractivity contribution in [1.29, 1.82) is 0 Å². The van der Waals surface area contributed by atoms with E-state index in [1.807, 2.05) is 38.4 Å². The lowest BCUT2D eigenvalue weighted by molar-refractivity contribution is 0.187. The summed E-state index contributed by atoms with van der Waals surface area (Å²) in [5.74, 6) is 0.700. The van der Waals surface area contributed by atoms with Crippen LogP contribution in [0.1, 0.15) is 17.2 Å². The standard InChI is InChI=1S/C14H19N3O2/c1-10-4-5-14(19-3)12(6-10)13(18)8-15-11-7-16-17(2)9-11/h4-7,9,13,15,18H,8H2,1-3H3. The molecular weight excluding hydrogens is 242 g/mol. The maximum Gasteiger partial charge on any atom is 0.124 e. The Balaban J connectivity index is 2.06. The van der Waals surface area contributed by atoms with Gasteiger partial charge >= 0.3 is 0 Å². The van der Waals surface area contributed by atoms with Gasteiger partial charge in [0.2, 0.25) is 0 Å². The number of aliphatic hydroxyl groups excluding tert-OH is 1. The zero-order valence-electron chi connectivity index (χ0n) is 11.4. The van der Waals surface area contributed by atoms with E-state index in [-0.39, 0.29) is 0 Å². The highest BCUT2D eigenvalue weighted by Gasteiger charge is 2.13. The van der Waals surface area contributed by atoms with Crippen LogP contribution in [-0.4, -0.2) is 28.5 Å². The van der Waals surface area contributed by atoms with Crippen molar-refractivity contribution in [2.24, 2.45) is 7.05 Å². The molecule has 2 rings (SSSR count). The molecule has 1 unspecified atom stereocenters. The summed E-state index contributed by atoms with van der Waals surface area (Å²) in [4.78, 5) is 0. The Bertz CT molecular complexity index is 551. The van der Waals surface area contributed by atoms with Crippen LogP contribution in [0.25, 0.3) is 0 Å². The lowest BCUT2D eigenvalue weighted by atomic mass is 10.1. The fraction of sp³-hybridized carbons (Fsp3) is 0.357. The number of anilines is 1. The minimum Gasteiger partial charge on any atom is -0.496 e. The topological polar surface area (TPSA) is 59.3 Å². The minimum atomic E-state index is -0.630. The first kappa shape index (κ1) is 13.4. The highest BCUT2D eigenvalue weighted by molar-refractivity contribution is 5.41. The summed E-state index contributed by atoms with van der Waals surface area (Å²) in [5.41, 5.74) is 2.77. The molecule has 0 aliphatic rings. The van der Waals surface area contributed by atoms with Gasteiger partial charge in [0.25, 0.3) is 0 Å². The zero-order valence-corrected chi connectivity index (χ0v) is 11.4. The van der Waals surface area contributed by atoms with E-state index in [1.54, 1.807) is 18.0 Å². The predicted octanol–water partition coefficient (Wildman–Crippen LogP) is 1.88. The molecule has 5 heteroatoms. The average molecular weight is 261 g/mol. The van der Waals surface area contributed by atoms with Crippen molar-refractivity contribution in [3.63, 3.8) is 0 Å². The third-order valence-corrected chi connectivity index (χ3v) is 2.95. The molecule has 0 bridgehead atoms. The van der Waals surface area contributed by atoms with Gasteiger partial charge < -0.3 is 15.2 Å². The van der Waals surface area contributed by atoms with Crippen LogP contribution >= 0.6 is 0 Å². The van der Waals surface area contributed by atoms with Gasteiger partial charge in [-0.3, -0.25) is 4.68 Å². The summed E-state index contributed by atoms with van der Waals surface area (Å²) in [7, 11) is 3.46. The molecule has 0 saturated carbocycles. The summed E-state index contributed by atoms with van der Waals surface area (Å²) in [6, 6.07) is 5.77. The molecule has 0 radical (unpaired) electrons. The number of benzene rings is 1. The van der Waals surface area contributed by atoms with Gasteiger partial charge in [-0.25, -0.2) is 0 Å². The van der Waals surface area contributed by atoms with Crippen LogP contribution in [0.3, 0.4) is 0 Å². The second-order valence-electron chi connectivity index (χ2n) is 4.54. The number of aromatic nitrogens is 2. The number of ether oxygens (including phenoxy) is 1. The fourth-order valence-electron chi connectivity index (χ4n) is 1.95. The molecule has 1 heterocycles. The molecule has 2 aromatic rings. The highest BCUT2D eigenvalue weighted by Crippen LogP contribution is 2.26. The van der Waals surface area contributed by atoms with Crippen LogP contribution in [0.4, 0.5) is 5.69 Å². The van der Waals surface area contributed by atoms with Gasteiger partial charge in [0.05, 0.1) is 25.1 Å². The maximum absolute atomic E-state index is 10.3. The Morgan fingerprint density at radius 3 is 2.89 bits per heavy atom. The predicted molar refractivity (Wildman–Crippen MR) is 74.4 cm³/mol. The Morgan fingerprint density at radius 1 is 1.47 bits per heavy atom. The van der Waals surface area contributed by atoms with Gasteiger partial charge in [0.15, 0.2) is 0 Å². The first-order valence-electron chi connectivity index (χ1n) is 6.15. The van der Waals surface area contributed by atoms with Crippen molar-refractivity contribution in [3.05, 3.63) is 41.7 Å². The van der Waals surface area contributed by atoms with Gasteiger partial charge in [-0.1, -0.05) is 11.6 Å². The number of nitrogens with one attached hydrogen (secondary N) is 1. The van der Waals surface area contributed by atoms with E-state index in [0.717, 1.165) is 16.8 Å².